The number of aryl methyl sites for hydroxylation is 1. The highest BCUT2D eigenvalue weighted by Crippen LogP contribution is 2.23. The zero-order chi connectivity index (χ0) is 15.1. The minimum Gasteiger partial charge on any atom is -0.465 e. The van der Waals surface area contributed by atoms with E-state index in [0.29, 0.717) is 26.3 Å². The van der Waals surface area contributed by atoms with Crippen LogP contribution in [0.3, 0.4) is 0 Å². The van der Waals surface area contributed by atoms with Gasteiger partial charge in [-0.2, -0.15) is 0 Å². The summed E-state index contributed by atoms with van der Waals surface area (Å²) < 4.78 is 11.1. The van der Waals surface area contributed by atoms with E-state index in [1.807, 2.05) is 19.1 Å². The van der Waals surface area contributed by atoms with Crippen LogP contribution in [0.25, 0.3) is 0 Å². The topological polar surface area (TPSA) is 66.7 Å². The summed E-state index contributed by atoms with van der Waals surface area (Å²) in [5, 5.41) is 5.59. The Bertz CT molecular complexity index is 466. The monoisotopic (exact) mass is 293 g/mol. The zero-order valence-corrected chi connectivity index (χ0v) is 12.4. The lowest BCUT2D eigenvalue weighted by atomic mass is 10.1. The van der Waals surface area contributed by atoms with Crippen LogP contribution in [0.2, 0.25) is 0 Å². The summed E-state index contributed by atoms with van der Waals surface area (Å²) in [4.78, 5) is 14.0. The Morgan fingerprint density at radius 2 is 2.19 bits per heavy atom. The number of carbonyl (C=O) groups is 1. The summed E-state index contributed by atoms with van der Waals surface area (Å²) in [6.45, 7) is 9.52. The minimum absolute atomic E-state index is 0.0251. The van der Waals surface area contributed by atoms with Gasteiger partial charge in [-0.05, 0) is 19.1 Å². The molecule has 0 spiro atoms. The Balaban J connectivity index is 1.98. The van der Waals surface area contributed by atoms with Crippen molar-refractivity contribution in [2.24, 2.45) is 0 Å². The quantitative estimate of drug-likeness (QED) is 0.779. The predicted octanol–water partition coefficient (Wildman–Crippen LogP) is 1.45. The van der Waals surface area contributed by atoms with E-state index in [0.717, 1.165) is 24.6 Å². The zero-order valence-electron chi connectivity index (χ0n) is 12.4. The number of amides is 2. The van der Waals surface area contributed by atoms with Crippen LogP contribution in [0.5, 0.6) is 0 Å². The number of hydrogen-bond acceptors (Lipinski definition) is 4. The van der Waals surface area contributed by atoms with Crippen molar-refractivity contribution in [3.63, 3.8) is 0 Å². The van der Waals surface area contributed by atoms with Crippen LogP contribution in [-0.4, -0.2) is 50.3 Å². The molecule has 0 radical (unpaired) electrons. The first kappa shape index (κ1) is 15.6. The van der Waals surface area contributed by atoms with Gasteiger partial charge in [-0.3, -0.25) is 4.90 Å². The third kappa shape index (κ3) is 4.61. The summed E-state index contributed by atoms with van der Waals surface area (Å²) in [5.74, 6) is 1.75. The first-order chi connectivity index (χ1) is 10.2. The Kier molecular flexibility index (Phi) is 5.83. The van der Waals surface area contributed by atoms with Crippen molar-refractivity contribution < 1.29 is 13.9 Å². The summed E-state index contributed by atoms with van der Waals surface area (Å²) in [6, 6.07) is 3.74. The molecule has 2 amide bonds. The second kappa shape index (κ2) is 7.85. The van der Waals surface area contributed by atoms with Crippen LogP contribution in [0.1, 0.15) is 17.6 Å². The molecule has 0 saturated carbocycles. The van der Waals surface area contributed by atoms with Gasteiger partial charge in [-0.15, -0.1) is 6.58 Å². The molecule has 6 nitrogen and oxygen atoms in total. The van der Waals surface area contributed by atoms with Gasteiger partial charge >= 0.3 is 6.03 Å². The van der Waals surface area contributed by atoms with Crippen LogP contribution in [0.15, 0.2) is 29.2 Å². The average Bonchev–Trinajstić information content (AvgIpc) is 2.93. The maximum absolute atomic E-state index is 11.7. The van der Waals surface area contributed by atoms with Gasteiger partial charge in [0.25, 0.3) is 0 Å². The molecule has 2 N–H and O–H groups in total. The normalized spacial score (nSPS) is 17.2. The van der Waals surface area contributed by atoms with Crippen molar-refractivity contribution in [3.05, 3.63) is 36.3 Å². The molecule has 0 aliphatic carbocycles. The lowest BCUT2D eigenvalue weighted by molar-refractivity contribution is 0.0121. The number of nitrogens with zero attached hydrogens (tertiary/aromatic N) is 1. The number of ether oxygens (including phenoxy) is 1. The maximum atomic E-state index is 11.7. The summed E-state index contributed by atoms with van der Waals surface area (Å²) in [7, 11) is 0. The van der Waals surface area contributed by atoms with E-state index in [-0.39, 0.29) is 12.1 Å². The Morgan fingerprint density at radius 1 is 1.43 bits per heavy atom. The fraction of sp³-hybridized carbons (Fsp3) is 0.533. The van der Waals surface area contributed by atoms with E-state index in [4.69, 9.17) is 9.15 Å². The lowest BCUT2D eigenvalue weighted by Gasteiger charge is -2.33. The number of carbonyl (C=O) groups excluding carboxylic acids is 1. The number of furan rings is 1. The largest absolute Gasteiger partial charge is 0.465 e. The Morgan fingerprint density at radius 3 is 2.81 bits per heavy atom. The third-order valence-electron chi connectivity index (χ3n) is 3.44. The van der Waals surface area contributed by atoms with E-state index in [9.17, 15) is 4.79 Å². The standard InChI is InChI=1S/C15H23N3O3/c1-3-6-16-15(19)17-11-13(14-5-4-12(2)21-14)18-7-9-20-10-8-18/h3-5,13H,1,6-11H2,2H3,(H2,16,17,19). The Hall–Kier alpha value is -1.79. The molecule has 1 atom stereocenters. The van der Waals surface area contributed by atoms with Crippen LogP contribution in [0.4, 0.5) is 4.79 Å². The molecule has 1 unspecified atom stereocenters. The maximum Gasteiger partial charge on any atom is 0.315 e. The molecule has 116 valence electrons. The molecule has 2 rings (SSSR count). The molecule has 0 aromatic carbocycles. The van der Waals surface area contributed by atoms with Crippen LogP contribution in [0, 0.1) is 6.92 Å². The molecule has 21 heavy (non-hydrogen) atoms. The first-order valence-electron chi connectivity index (χ1n) is 7.21. The fourth-order valence-electron chi connectivity index (χ4n) is 2.35. The molecular weight excluding hydrogens is 270 g/mol. The molecule has 1 aromatic heterocycles. The number of urea groups is 1. The smallest absolute Gasteiger partial charge is 0.315 e. The van der Waals surface area contributed by atoms with E-state index >= 15 is 0 Å². The van der Waals surface area contributed by atoms with Crippen molar-refractivity contribution >= 4 is 6.03 Å². The molecule has 1 aliphatic rings. The van der Waals surface area contributed by atoms with Crippen LogP contribution < -0.4 is 10.6 Å². The fourth-order valence-corrected chi connectivity index (χ4v) is 2.35. The van der Waals surface area contributed by atoms with E-state index < -0.39 is 0 Å². The highest BCUT2D eigenvalue weighted by Gasteiger charge is 2.25. The van der Waals surface area contributed by atoms with Crippen molar-refractivity contribution in [2.75, 3.05) is 39.4 Å². The van der Waals surface area contributed by atoms with Crippen LogP contribution in [-0.2, 0) is 4.74 Å². The molecule has 1 saturated heterocycles. The molecule has 6 heteroatoms. The Labute approximate surface area is 125 Å². The summed E-state index contributed by atoms with van der Waals surface area (Å²) in [6.07, 6.45) is 1.65. The van der Waals surface area contributed by atoms with Gasteiger partial charge in [0.2, 0.25) is 0 Å². The van der Waals surface area contributed by atoms with Gasteiger partial charge in [0, 0.05) is 26.2 Å². The molecule has 2 heterocycles. The summed E-state index contributed by atoms with van der Waals surface area (Å²) in [5.41, 5.74) is 0. The van der Waals surface area contributed by atoms with Gasteiger partial charge in [-0.1, -0.05) is 6.08 Å². The second-order valence-electron chi connectivity index (χ2n) is 4.99. The number of rotatable bonds is 6. The molecule has 1 fully saturated rings. The van der Waals surface area contributed by atoms with Gasteiger partial charge in [0.05, 0.1) is 19.3 Å². The molecular formula is C15H23N3O3. The van der Waals surface area contributed by atoms with Crippen LogP contribution >= 0.6 is 0 Å². The number of morpholine rings is 1. The lowest BCUT2D eigenvalue weighted by Crippen LogP contribution is -2.45. The first-order valence-corrected chi connectivity index (χ1v) is 7.21. The van der Waals surface area contributed by atoms with Gasteiger partial charge in [0.15, 0.2) is 0 Å². The van der Waals surface area contributed by atoms with Gasteiger partial charge in [0.1, 0.15) is 11.5 Å². The number of hydrogen-bond donors (Lipinski definition) is 2. The van der Waals surface area contributed by atoms with Crippen molar-refractivity contribution in [3.8, 4) is 0 Å². The van der Waals surface area contributed by atoms with Gasteiger partial charge < -0.3 is 19.8 Å². The predicted molar refractivity (Wildman–Crippen MR) is 80.2 cm³/mol. The highest BCUT2D eigenvalue weighted by molar-refractivity contribution is 5.73. The highest BCUT2D eigenvalue weighted by atomic mass is 16.5. The minimum atomic E-state index is -0.198. The van der Waals surface area contributed by atoms with Crippen molar-refractivity contribution in [1.29, 1.82) is 0 Å². The molecule has 1 aromatic rings. The van der Waals surface area contributed by atoms with Crippen molar-refractivity contribution in [2.45, 2.75) is 13.0 Å². The van der Waals surface area contributed by atoms with Crippen molar-refractivity contribution in [1.82, 2.24) is 15.5 Å². The SMILES string of the molecule is C=CCNC(=O)NCC(c1ccc(C)o1)N1CCOCC1. The van der Waals surface area contributed by atoms with E-state index in [1.165, 1.54) is 0 Å². The molecule has 0 bridgehead atoms. The van der Waals surface area contributed by atoms with E-state index in [1.54, 1.807) is 6.08 Å². The summed E-state index contributed by atoms with van der Waals surface area (Å²) >= 11 is 0. The van der Waals surface area contributed by atoms with E-state index in [2.05, 4.69) is 22.1 Å². The third-order valence-corrected chi connectivity index (χ3v) is 3.44. The number of nitrogens with one attached hydrogen (secondary N) is 2. The average molecular weight is 293 g/mol. The van der Waals surface area contributed by atoms with Gasteiger partial charge in [-0.25, -0.2) is 4.79 Å². The molecule has 1 aliphatic heterocycles. The second-order valence-corrected chi connectivity index (χ2v) is 4.99.